The van der Waals surface area contributed by atoms with Crippen LogP contribution in [0.4, 0.5) is 15.3 Å². The summed E-state index contributed by atoms with van der Waals surface area (Å²) in [4.78, 5) is 35.5. The molecule has 63 heavy (non-hydrogen) atoms. The number of ether oxygens (including phenoxy) is 6. The highest BCUT2D eigenvalue weighted by atomic mass is 16.7. The van der Waals surface area contributed by atoms with Crippen LogP contribution in [0.15, 0.2) is 96.2 Å². The first-order valence-corrected chi connectivity index (χ1v) is 22.1. The van der Waals surface area contributed by atoms with E-state index in [2.05, 4.69) is 18.0 Å². The summed E-state index contributed by atoms with van der Waals surface area (Å²) in [5, 5.41) is 27.5. The summed E-state index contributed by atoms with van der Waals surface area (Å²) in [7, 11) is 3.05. The maximum Gasteiger partial charge on any atom is 0.417 e. The standard InChI is InChI=1S/C49H63N3O11/c1-6-24-52(48(56)59-8-3)44-31-41(51-61-32-33-16-10-9-11-17-33)38-28-34(18-12-14-25-53)37(19-13-15-26-54)45-39-29-36(21-23-42(39)63-49(44,46(38)45)60-27-7-2)62-47(55)50-40-22-20-35(57-4)30-43(40)58-5/h7,9-11,16-17,20-23,28-30,34,37,44-46,53-54H,2,6,8,12-15,18-19,24-27,31-32H2,1,3-5H3,(H,50,55)/t34-,37+,44-,45+,46+,49+/m0/s1. The van der Waals surface area contributed by atoms with Crippen LogP contribution in [0.1, 0.15) is 82.3 Å². The van der Waals surface area contributed by atoms with Crippen LogP contribution in [0.5, 0.6) is 23.0 Å². The number of benzene rings is 3. The van der Waals surface area contributed by atoms with Crippen LogP contribution in [0, 0.1) is 17.8 Å². The molecule has 2 aliphatic carbocycles. The first-order valence-electron chi connectivity index (χ1n) is 22.1. The number of unbranched alkanes of at least 4 members (excludes halogenated alkanes) is 2. The SMILES string of the molecule is C=CCO[C@@]12Oc3ccc(OC(=O)Nc4ccc(OC)cc4OC)cc3[C@H]3[C@H](CCCCO)[C@@H](CCCCO)C=C(C(=NOCc4ccccc4)C[C@@H]1N(CCC)C(=O)OCC)[C@H]32. The normalized spacial score (nSPS) is 22.7. The van der Waals surface area contributed by atoms with E-state index in [0.717, 1.165) is 42.4 Å². The third-order valence-corrected chi connectivity index (χ3v) is 12.1. The Morgan fingerprint density at radius 2 is 1.73 bits per heavy atom. The minimum atomic E-state index is -1.45. The second kappa shape index (κ2) is 22.7. The fourth-order valence-electron chi connectivity index (χ4n) is 9.44. The van der Waals surface area contributed by atoms with Crippen LogP contribution >= 0.6 is 0 Å². The van der Waals surface area contributed by atoms with E-state index in [0.29, 0.717) is 54.5 Å². The molecule has 1 saturated carbocycles. The van der Waals surface area contributed by atoms with Gasteiger partial charge in [-0.2, -0.15) is 0 Å². The molecular formula is C49H63N3O11. The Morgan fingerprint density at radius 3 is 2.43 bits per heavy atom. The number of nitrogens with zero attached hydrogens (tertiary/aromatic N) is 2. The number of hydrogen-bond acceptors (Lipinski definition) is 12. The molecule has 1 fully saturated rings. The molecule has 0 radical (unpaired) electrons. The van der Waals surface area contributed by atoms with Crippen molar-refractivity contribution in [2.75, 3.05) is 52.5 Å². The number of carbonyl (C=O) groups excluding carboxylic acids is 2. The Bertz CT molecular complexity index is 2060. The molecule has 2 amide bonds. The second-order valence-electron chi connectivity index (χ2n) is 16.0. The van der Waals surface area contributed by atoms with Crippen molar-refractivity contribution in [1.29, 1.82) is 0 Å². The van der Waals surface area contributed by atoms with Gasteiger partial charge in [0.05, 0.1) is 44.8 Å². The lowest BCUT2D eigenvalue weighted by molar-refractivity contribution is -0.255. The predicted octanol–water partition coefficient (Wildman–Crippen LogP) is 9.02. The third kappa shape index (κ3) is 10.8. The Morgan fingerprint density at radius 1 is 0.968 bits per heavy atom. The topological polar surface area (TPSA) is 167 Å². The highest BCUT2D eigenvalue weighted by molar-refractivity contribution is 6.03. The number of aliphatic hydroxyl groups is 2. The molecule has 0 spiro atoms. The fraction of sp³-hybridized carbons (Fsp3) is 0.490. The second-order valence-corrected chi connectivity index (χ2v) is 16.0. The third-order valence-electron chi connectivity index (χ3n) is 12.1. The van der Waals surface area contributed by atoms with Gasteiger partial charge in [-0.25, -0.2) is 9.59 Å². The van der Waals surface area contributed by atoms with Crippen molar-refractivity contribution in [2.45, 2.75) is 89.6 Å². The zero-order chi connectivity index (χ0) is 44.8. The van der Waals surface area contributed by atoms with E-state index in [1.165, 1.54) is 7.11 Å². The molecule has 3 aromatic carbocycles. The molecule has 0 bridgehead atoms. The number of nitrogens with one attached hydrogen (secondary N) is 1. The van der Waals surface area contributed by atoms with Crippen molar-refractivity contribution in [3.8, 4) is 23.0 Å². The van der Waals surface area contributed by atoms with E-state index in [-0.39, 0.29) is 63.0 Å². The molecule has 340 valence electrons. The monoisotopic (exact) mass is 869 g/mol. The molecule has 3 N–H and O–H groups in total. The van der Waals surface area contributed by atoms with Gasteiger partial charge in [-0.3, -0.25) is 10.2 Å². The number of rotatable bonds is 22. The van der Waals surface area contributed by atoms with Gasteiger partial charge in [0, 0.05) is 43.7 Å². The summed E-state index contributed by atoms with van der Waals surface area (Å²) in [6.45, 7) is 8.81. The van der Waals surface area contributed by atoms with Gasteiger partial charge >= 0.3 is 12.2 Å². The lowest BCUT2D eigenvalue weighted by atomic mass is 9.55. The van der Waals surface area contributed by atoms with Gasteiger partial charge in [-0.05, 0) is 92.3 Å². The average Bonchev–Trinajstić information content (AvgIpc) is 3.29. The molecule has 14 heteroatoms. The van der Waals surface area contributed by atoms with Gasteiger partial charge in [0.25, 0.3) is 0 Å². The minimum absolute atomic E-state index is 0.0117. The van der Waals surface area contributed by atoms with Gasteiger partial charge in [-0.15, -0.1) is 6.58 Å². The summed E-state index contributed by atoms with van der Waals surface area (Å²) >= 11 is 0. The lowest BCUT2D eigenvalue weighted by Gasteiger charge is -2.59. The van der Waals surface area contributed by atoms with E-state index >= 15 is 0 Å². The molecule has 6 rings (SSSR count). The van der Waals surface area contributed by atoms with Crippen molar-refractivity contribution in [3.05, 3.63) is 102 Å². The Kier molecular flexibility index (Phi) is 16.9. The minimum Gasteiger partial charge on any atom is -0.497 e. The fourth-order valence-corrected chi connectivity index (χ4v) is 9.44. The smallest absolute Gasteiger partial charge is 0.417 e. The van der Waals surface area contributed by atoms with Crippen molar-refractivity contribution in [2.24, 2.45) is 22.9 Å². The molecule has 14 nitrogen and oxygen atoms in total. The van der Waals surface area contributed by atoms with E-state index in [1.807, 2.05) is 43.3 Å². The number of hydrogen-bond donors (Lipinski definition) is 3. The molecule has 3 aliphatic rings. The molecule has 0 aromatic heterocycles. The summed E-state index contributed by atoms with van der Waals surface area (Å²) < 4.78 is 36.8. The number of carbonyl (C=O) groups is 2. The molecule has 1 heterocycles. The van der Waals surface area contributed by atoms with Gasteiger partial charge in [0.15, 0.2) is 0 Å². The number of methoxy groups -OCH3 is 2. The Balaban J connectivity index is 1.52. The van der Waals surface area contributed by atoms with E-state index in [1.54, 1.807) is 55.3 Å². The van der Waals surface area contributed by atoms with Gasteiger partial charge in [0.1, 0.15) is 35.6 Å². The largest absolute Gasteiger partial charge is 0.497 e. The van der Waals surface area contributed by atoms with Crippen LogP contribution in [-0.4, -0.2) is 92.0 Å². The summed E-state index contributed by atoms with van der Waals surface area (Å²) in [5.74, 6) is -0.551. The van der Waals surface area contributed by atoms with E-state index < -0.39 is 29.9 Å². The van der Waals surface area contributed by atoms with Crippen LogP contribution in [0.3, 0.4) is 0 Å². The Hall–Kier alpha value is -5.57. The first-order chi connectivity index (χ1) is 30.7. The Labute approximate surface area is 370 Å². The number of oxime groups is 1. The maximum atomic E-state index is 14.1. The number of amides is 2. The summed E-state index contributed by atoms with van der Waals surface area (Å²) in [6, 6.07) is 19.5. The molecule has 1 aliphatic heterocycles. The van der Waals surface area contributed by atoms with Crippen LogP contribution in [-0.2, 0) is 20.9 Å². The first kappa shape index (κ1) is 46.9. The highest BCUT2D eigenvalue weighted by Gasteiger charge is 2.65. The molecule has 0 saturated heterocycles. The quantitative estimate of drug-likeness (QED) is 0.0501. The number of aliphatic hydroxyl groups excluding tert-OH is 2. The van der Waals surface area contributed by atoms with Gasteiger partial charge < -0.3 is 43.5 Å². The van der Waals surface area contributed by atoms with Crippen LogP contribution in [0.2, 0.25) is 0 Å². The van der Waals surface area contributed by atoms with E-state index in [4.69, 9.17) is 38.4 Å². The zero-order valence-electron chi connectivity index (χ0n) is 37.0. The zero-order valence-corrected chi connectivity index (χ0v) is 37.0. The highest BCUT2D eigenvalue weighted by Crippen LogP contribution is 2.62. The number of fused-ring (bicyclic) bond motifs is 2. The summed E-state index contributed by atoms with van der Waals surface area (Å²) in [5.41, 5.74) is 3.72. The van der Waals surface area contributed by atoms with Gasteiger partial charge in [0.2, 0.25) is 5.79 Å². The molecule has 3 aromatic rings. The summed E-state index contributed by atoms with van der Waals surface area (Å²) in [6.07, 6.45) is 7.94. The lowest BCUT2D eigenvalue weighted by Crippen LogP contribution is -2.70. The van der Waals surface area contributed by atoms with Crippen molar-refractivity contribution in [3.63, 3.8) is 0 Å². The van der Waals surface area contributed by atoms with Gasteiger partial charge in [-0.1, -0.05) is 67.4 Å². The number of allylic oxidation sites excluding steroid dienone is 1. The maximum absolute atomic E-state index is 14.1. The average molecular weight is 870 g/mol. The van der Waals surface area contributed by atoms with Crippen molar-refractivity contribution < 1.29 is 53.1 Å². The van der Waals surface area contributed by atoms with Crippen LogP contribution in [0.25, 0.3) is 0 Å². The van der Waals surface area contributed by atoms with Crippen LogP contribution < -0.4 is 24.3 Å². The predicted molar refractivity (Wildman–Crippen MR) is 239 cm³/mol. The van der Waals surface area contributed by atoms with E-state index in [9.17, 15) is 19.8 Å². The molecular weight excluding hydrogens is 807 g/mol. The van der Waals surface area contributed by atoms with Crippen molar-refractivity contribution >= 4 is 23.6 Å². The van der Waals surface area contributed by atoms with Crippen molar-refractivity contribution in [1.82, 2.24) is 4.90 Å². The molecule has 6 atom stereocenters. The number of anilines is 1. The molecule has 0 unspecified atom stereocenters.